The summed E-state index contributed by atoms with van der Waals surface area (Å²) in [6.45, 7) is 6.04. The number of aliphatic carboxylic acids is 1. The minimum atomic E-state index is -3.73. The average molecular weight is 489 g/mol. The zero-order valence-electron chi connectivity index (χ0n) is 19.7. The van der Waals surface area contributed by atoms with Gasteiger partial charge < -0.3 is 15.2 Å². The molecule has 0 bridgehead atoms. The van der Waals surface area contributed by atoms with Crippen molar-refractivity contribution in [2.24, 2.45) is 0 Å². The Hall–Kier alpha value is -2.91. The predicted molar refractivity (Wildman–Crippen MR) is 129 cm³/mol. The Labute approximate surface area is 201 Å². The van der Waals surface area contributed by atoms with E-state index in [1.165, 1.54) is 4.31 Å². The number of carboxylic acids is 1. The Bertz CT molecular complexity index is 1090. The van der Waals surface area contributed by atoms with Crippen molar-refractivity contribution in [2.45, 2.75) is 63.5 Å². The van der Waals surface area contributed by atoms with Crippen LogP contribution < -0.4 is 10.1 Å². The van der Waals surface area contributed by atoms with E-state index in [-0.39, 0.29) is 24.3 Å². The zero-order valence-corrected chi connectivity index (χ0v) is 20.5. The summed E-state index contributed by atoms with van der Waals surface area (Å²) in [7, 11) is -3.73. The van der Waals surface area contributed by atoms with Crippen molar-refractivity contribution in [3.05, 3.63) is 65.7 Å². The van der Waals surface area contributed by atoms with E-state index in [0.29, 0.717) is 29.7 Å². The van der Waals surface area contributed by atoms with Crippen molar-refractivity contribution in [1.29, 1.82) is 0 Å². The molecule has 0 radical (unpaired) electrons. The molecule has 0 saturated carbocycles. The number of rotatable bonds is 9. The first kappa shape index (κ1) is 25.7. The highest BCUT2D eigenvalue weighted by Crippen LogP contribution is 2.24. The molecule has 1 fully saturated rings. The zero-order chi connectivity index (χ0) is 24.9. The topological polar surface area (TPSA) is 113 Å². The summed E-state index contributed by atoms with van der Waals surface area (Å²) in [6, 6.07) is 13.7. The molecule has 0 spiro atoms. The van der Waals surface area contributed by atoms with E-state index >= 15 is 0 Å². The lowest BCUT2D eigenvalue weighted by atomic mass is 10.0. The van der Waals surface area contributed by atoms with Crippen LogP contribution >= 0.6 is 0 Å². The number of benzene rings is 2. The molecule has 2 N–H and O–H groups in total. The minimum absolute atomic E-state index is 0.0698. The van der Waals surface area contributed by atoms with Gasteiger partial charge in [-0.15, -0.1) is 0 Å². The monoisotopic (exact) mass is 488 g/mol. The second kappa shape index (κ2) is 10.6. The van der Waals surface area contributed by atoms with Crippen LogP contribution in [-0.2, 0) is 31.8 Å². The third-order valence-corrected chi connectivity index (χ3v) is 7.31. The Morgan fingerprint density at radius 3 is 2.32 bits per heavy atom. The number of hydrogen-bond donors (Lipinski definition) is 2. The maximum atomic E-state index is 13.0. The van der Waals surface area contributed by atoms with Crippen LogP contribution in [0.5, 0.6) is 5.75 Å². The summed E-state index contributed by atoms with van der Waals surface area (Å²) in [6.07, 6.45) is 0.963. The first-order valence-corrected chi connectivity index (χ1v) is 12.9. The lowest BCUT2D eigenvalue weighted by Crippen LogP contribution is -2.51. The van der Waals surface area contributed by atoms with Crippen LogP contribution in [0, 0.1) is 0 Å². The van der Waals surface area contributed by atoms with Gasteiger partial charge in [-0.05, 0) is 56.9 Å². The number of carbonyl (C=O) groups excluding carboxylic acids is 1. The molecule has 1 aliphatic rings. The van der Waals surface area contributed by atoms with Crippen molar-refractivity contribution >= 4 is 21.9 Å². The van der Waals surface area contributed by atoms with E-state index in [4.69, 9.17) is 4.74 Å². The summed E-state index contributed by atoms with van der Waals surface area (Å²) in [4.78, 5) is 24.8. The molecule has 1 heterocycles. The van der Waals surface area contributed by atoms with Gasteiger partial charge in [-0.25, -0.2) is 13.2 Å². The third-order valence-electron chi connectivity index (χ3n) is 5.46. The molecular formula is C25H32N2O6S. The number of ether oxygens (including phenoxy) is 1. The van der Waals surface area contributed by atoms with Gasteiger partial charge in [0.1, 0.15) is 23.4 Å². The number of sulfonamides is 1. The molecule has 2 aromatic carbocycles. The van der Waals surface area contributed by atoms with Crippen molar-refractivity contribution in [2.75, 3.05) is 6.54 Å². The van der Waals surface area contributed by atoms with Crippen LogP contribution in [0.3, 0.4) is 0 Å². The maximum Gasteiger partial charge on any atom is 0.326 e. The number of carboxylic acid groups (broad SMARTS) is 1. The second-order valence-corrected chi connectivity index (χ2v) is 11.4. The van der Waals surface area contributed by atoms with Gasteiger partial charge in [0.15, 0.2) is 0 Å². The highest BCUT2D eigenvalue weighted by molar-refractivity contribution is 7.88. The van der Waals surface area contributed by atoms with Crippen LogP contribution in [0.15, 0.2) is 54.6 Å². The van der Waals surface area contributed by atoms with Crippen LogP contribution in [0.1, 0.15) is 44.7 Å². The number of nitrogens with zero attached hydrogens (tertiary/aromatic N) is 1. The fourth-order valence-corrected chi connectivity index (χ4v) is 5.73. The van der Waals surface area contributed by atoms with Gasteiger partial charge in [-0.3, -0.25) is 4.79 Å². The SMILES string of the molecule is CC(C)(C)Oc1ccc(C[C@H](NC(=O)[C@@H]2CCCN2S(=O)(=O)Cc2ccccc2)C(=O)O)cc1. The average Bonchev–Trinajstić information content (AvgIpc) is 3.25. The Balaban J connectivity index is 1.67. The number of amides is 1. The van der Waals surface area contributed by atoms with Crippen LogP contribution in [0.2, 0.25) is 0 Å². The lowest BCUT2D eigenvalue weighted by molar-refractivity contribution is -0.142. The molecule has 184 valence electrons. The quantitative estimate of drug-likeness (QED) is 0.561. The molecule has 0 aromatic heterocycles. The molecule has 1 saturated heterocycles. The van der Waals surface area contributed by atoms with E-state index in [9.17, 15) is 23.1 Å². The smallest absolute Gasteiger partial charge is 0.326 e. The Morgan fingerprint density at radius 2 is 1.74 bits per heavy atom. The summed E-state index contributed by atoms with van der Waals surface area (Å²) < 4.78 is 32.9. The maximum absolute atomic E-state index is 13.0. The van der Waals surface area contributed by atoms with Gasteiger partial charge in [0.25, 0.3) is 0 Å². The number of nitrogens with one attached hydrogen (secondary N) is 1. The normalized spacial score (nSPS) is 17.8. The molecule has 1 amide bonds. The molecule has 8 nitrogen and oxygen atoms in total. The molecular weight excluding hydrogens is 456 g/mol. The summed E-state index contributed by atoms with van der Waals surface area (Å²) in [5, 5.41) is 12.2. The molecule has 0 unspecified atom stereocenters. The molecule has 9 heteroatoms. The van der Waals surface area contributed by atoms with Gasteiger partial charge in [0, 0.05) is 13.0 Å². The Morgan fingerprint density at radius 1 is 1.09 bits per heavy atom. The number of carbonyl (C=O) groups is 2. The molecule has 2 aromatic rings. The van der Waals surface area contributed by atoms with E-state index in [1.807, 2.05) is 20.8 Å². The first-order chi connectivity index (χ1) is 15.9. The highest BCUT2D eigenvalue weighted by Gasteiger charge is 2.39. The molecule has 34 heavy (non-hydrogen) atoms. The fraction of sp³-hybridized carbons (Fsp3) is 0.440. The largest absolute Gasteiger partial charge is 0.488 e. The molecule has 2 atom stereocenters. The number of hydrogen-bond acceptors (Lipinski definition) is 5. The summed E-state index contributed by atoms with van der Waals surface area (Å²) >= 11 is 0. The van der Waals surface area contributed by atoms with E-state index in [0.717, 1.165) is 0 Å². The van der Waals surface area contributed by atoms with Crippen LogP contribution in [0.4, 0.5) is 0 Å². The van der Waals surface area contributed by atoms with Crippen molar-refractivity contribution in [3.8, 4) is 5.75 Å². The molecule has 3 rings (SSSR count). The van der Waals surface area contributed by atoms with Crippen molar-refractivity contribution in [1.82, 2.24) is 9.62 Å². The predicted octanol–water partition coefficient (Wildman–Crippen LogP) is 2.97. The van der Waals surface area contributed by atoms with Crippen molar-refractivity contribution < 1.29 is 27.9 Å². The van der Waals surface area contributed by atoms with E-state index < -0.39 is 34.0 Å². The molecule has 0 aliphatic carbocycles. The van der Waals surface area contributed by atoms with E-state index in [1.54, 1.807) is 54.6 Å². The van der Waals surface area contributed by atoms with Crippen molar-refractivity contribution in [3.63, 3.8) is 0 Å². The van der Waals surface area contributed by atoms with Crippen LogP contribution in [-0.4, -0.2) is 53.9 Å². The van der Waals surface area contributed by atoms with Gasteiger partial charge in [0.2, 0.25) is 15.9 Å². The highest BCUT2D eigenvalue weighted by atomic mass is 32.2. The Kier molecular flexibility index (Phi) is 7.99. The molecule has 1 aliphatic heterocycles. The summed E-state index contributed by atoms with van der Waals surface area (Å²) in [5.74, 6) is -1.31. The summed E-state index contributed by atoms with van der Waals surface area (Å²) in [5.41, 5.74) is 0.998. The second-order valence-electron chi connectivity index (χ2n) is 9.47. The van der Waals surface area contributed by atoms with Gasteiger partial charge in [-0.2, -0.15) is 4.31 Å². The van der Waals surface area contributed by atoms with Gasteiger partial charge in [0.05, 0.1) is 5.75 Å². The lowest BCUT2D eigenvalue weighted by Gasteiger charge is -2.25. The van der Waals surface area contributed by atoms with Gasteiger partial charge >= 0.3 is 5.97 Å². The third kappa shape index (κ3) is 7.04. The van der Waals surface area contributed by atoms with Gasteiger partial charge in [-0.1, -0.05) is 42.5 Å². The standard InChI is InChI=1S/C25H32N2O6S/c1-25(2,3)33-20-13-11-18(12-14-20)16-21(24(29)30)26-23(28)22-10-7-15-27(22)34(31,32)17-19-8-5-4-6-9-19/h4-6,8-9,11-14,21-22H,7,10,15-17H2,1-3H3,(H,26,28)(H,29,30)/t21-,22-/m0/s1. The first-order valence-electron chi connectivity index (χ1n) is 11.3. The fourth-order valence-electron chi connectivity index (χ4n) is 3.95. The van der Waals surface area contributed by atoms with E-state index in [2.05, 4.69) is 5.32 Å². The minimum Gasteiger partial charge on any atom is -0.488 e. The van der Waals surface area contributed by atoms with Crippen LogP contribution in [0.25, 0.3) is 0 Å².